The van der Waals surface area contributed by atoms with E-state index in [9.17, 15) is 14.4 Å². The first-order valence-corrected chi connectivity index (χ1v) is 6.02. The third kappa shape index (κ3) is 1.85. The van der Waals surface area contributed by atoms with E-state index in [0.29, 0.717) is 5.56 Å². The smallest absolute Gasteiger partial charge is 0.449 e. The summed E-state index contributed by atoms with van der Waals surface area (Å²) >= 11 is 0. The first kappa shape index (κ1) is 12.9. The zero-order valence-corrected chi connectivity index (χ0v) is 10.6. The van der Waals surface area contributed by atoms with Crippen LogP contribution in [0.3, 0.4) is 0 Å². The van der Waals surface area contributed by atoms with E-state index in [0.717, 1.165) is 0 Å². The molecule has 2 aromatic carbocycles. The number of ketones is 2. The van der Waals surface area contributed by atoms with Crippen LogP contribution in [0.1, 0.15) is 31.8 Å². The molecule has 2 aromatic rings. The average molecular weight is 283 g/mol. The Balaban J connectivity index is 2.24. The lowest BCUT2D eigenvalue weighted by Gasteiger charge is -2.19. The molecule has 0 saturated carbocycles. The van der Waals surface area contributed by atoms with Crippen LogP contribution in [0, 0.1) is 0 Å². The molecule has 3 N–H and O–H groups in total. The molecule has 3 rings (SSSR count). The maximum atomic E-state index is 12.5. The summed E-state index contributed by atoms with van der Waals surface area (Å²) < 4.78 is 4.51. The Bertz CT molecular complexity index is 810. The van der Waals surface area contributed by atoms with E-state index in [1.807, 2.05) is 0 Å². The van der Waals surface area contributed by atoms with Crippen molar-refractivity contribution in [2.45, 2.75) is 0 Å². The maximum Gasteiger partial charge on any atom is 0.511 e. The molecular weight excluding hydrogens is 274 g/mol. The molecular formula is C15H9NO5. The molecule has 0 fully saturated rings. The van der Waals surface area contributed by atoms with E-state index in [4.69, 9.17) is 10.8 Å². The molecule has 0 atom stereocenters. The minimum absolute atomic E-state index is 0.0162. The minimum Gasteiger partial charge on any atom is -0.449 e. The maximum absolute atomic E-state index is 12.5. The van der Waals surface area contributed by atoms with Gasteiger partial charge >= 0.3 is 6.16 Å². The summed E-state index contributed by atoms with van der Waals surface area (Å²) in [6.07, 6.45) is -1.54. The molecule has 0 spiro atoms. The van der Waals surface area contributed by atoms with E-state index < -0.39 is 11.9 Å². The number of nitrogen functional groups attached to an aromatic ring is 1. The molecule has 0 amide bonds. The minimum atomic E-state index is -1.54. The second-order valence-electron chi connectivity index (χ2n) is 4.47. The van der Waals surface area contributed by atoms with Gasteiger partial charge in [-0.25, -0.2) is 4.79 Å². The number of hydrogen-bond donors (Lipinski definition) is 2. The number of ether oxygens (including phenoxy) is 1. The highest BCUT2D eigenvalue weighted by Crippen LogP contribution is 2.35. The summed E-state index contributed by atoms with van der Waals surface area (Å²) in [5.41, 5.74) is 6.33. The van der Waals surface area contributed by atoms with Crippen LogP contribution in [0.4, 0.5) is 10.5 Å². The Morgan fingerprint density at radius 3 is 2.19 bits per heavy atom. The number of carbonyl (C=O) groups excluding carboxylic acids is 2. The van der Waals surface area contributed by atoms with Gasteiger partial charge in [0.05, 0.1) is 11.3 Å². The monoisotopic (exact) mass is 283 g/mol. The number of carbonyl (C=O) groups is 3. The van der Waals surface area contributed by atoms with Gasteiger partial charge < -0.3 is 15.6 Å². The van der Waals surface area contributed by atoms with Crippen LogP contribution in [0.2, 0.25) is 0 Å². The van der Waals surface area contributed by atoms with Gasteiger partial charge in [0, 0.05) is 16.7 Å². The lowest BCUT2D eigenvalue weighted by molar-refractivity contribution is 0.0979. The molecule has 0 heterocycles. The summed E-state index contributed by atoms with van der Waals surface area (Å²) in [5.74, 6) is -0.913. The standard InChI is InChI=1S/C15H9NO5/c16-12-10(21-15(19)20)6-5-9-11(12)14(18)8-4-2-1-3-7(8)13(9)17/h1-6H,16H2,(H,19,20). The molecule has 0 radical (unpaired) electrons. The summed E-state index contributed by atoms with van der Waals surface area (Å²) in [6.45, 7) is 0. The van der Waals surface area contributed by atoms with E-state index >= 15 is 0 Å². The number of anilines is 1. The number of nitrogens with two attached hydrogens (primary N) is 1. The predicted molar refractivity (Wildman–Crippen MR) is 72.8 cm³/mol. The molecule has 0 aromatic heterocycles. The van der Waals surface area contributed by atoms with Gasteiger partial charge in [0.1, 0.15) is 0 Å². The van der Waals surface area contributed by atoms with Crippen molar-refractivity contribution in [1.29, 1.82) is 0 Å². The van der Waals surface area contributed by atoms with Crippen LogP contribution < -0.4 is 10.5 Å². The largest absolute Gasteiger partial charge is 0.511 e. The lowest BCUT2D eigenvalue weighted by atomic mass is 9.83. The number of carboxylic acid groups (broad SMARTS) is 1. The number of hydrogen-bond acceptors (Lipinski definition) is 5. The fourth-order valence-electron chi connectivity index (χ4n) is 2.38. The molecule has 6 heteroatoms. The van der Waals surface area contributed by atoms with Crippen molar-refractivity contribution in [3.05, 3.63) is 58.7 Å². The molecule has 0 bridgehead atoms. The quantitative estimate of drug-likeness (QED) is 0.402. The Morgan fingerprint density at radius 1 is 0.952 bits per heavy atom. The molecule has 6 nitrogen and oxygen atoms in total. The lowest BCUT2D eigenvalue weighted by Crippen LogP contribution is -2.22. The Kier molecular flexibility index (Phi) is 2.72. The SMILES string of the molecule is Nc1c(OC(=O)O)ccc2c1C(=O)c1ccccc1C2=O. The van der Waals surface area contributed by atoms with E-state index in [1.54, 1.807) is 18.2 Å². The van der Waals surface area contributed by atoms with Crippen LogP contribution in [0.15, 0.2) is 36.4 Å². The van der Waals surface area contributed by atoms with Crippen LogP contribution >= 0.6 is 0 Å². The van der Waals surface area contributed by atoms with Crippen LogP contribution in [0.25, 0.3) is 0 Å². The van der Waals surface area contributed by atoms with Gasteiger partial charge in [-0.2, -0.15) is 0 Å². The predicted octanol–water partition coefficient (Wildman–Crippen LogP) is 2.10. The number of rotatable bonds is 1. The molecule has 1 aliphatic rings. The van der Waals surface area contributed by atoms with Gasteiger partial charge in [-0.1, -0.05) is 24.3 Å². The van der Waals surface area contributed by atoms with Crippen molar-refractivity contribution < 1.29 is 24.2 Å². The zero-order valence-electron chi connectivity index (χ0n) is 10.6. The third-order valence-electron chi connectivity index (χ3n) is 3.29. The summed E-state index contributed by atoms with van der Waals surface area (Å²) in [5, 5.41) is 8.64. The second-order valence-corrected chi connectivity index (χ2v) is 4.47. The van der Waals surface area contributed by atoms with Gasteiger partial charge in [-0.15, -0.1) is 0 Å². The third-order valence-corrected chi connectivity index (χ3v) is 3.29. The van der Waals surface area contributed by atoms with Crippen LogP contribution in [0.5, 0.6) is 5.75 Å². The van der Waals surface area contributed by atoms with Crippen LogP contribution in [-0.2, 0) is 0 Å². The summed E-state index contributed by atoms with van der Waals surface area (Å²) in [6, 6.07) is 9.02. The highest BCUT2D eigenvalue weighted by atomic mass is 16.7. The fourth-order valence-corrected chi connectivity index (χ4v) is 2.38. The topological polar surface area (TPSA) is 107 Å². The first-order chi connectivity index (χ1) is 10.0. The average Bonchev–Trinajstić information content (AvgIpc) is 2.46. The highest BCUT2D eigenvalue weighted by Gasteiger charge is 2.32. The summed E-state index contributed by atoms with van der Waals surface area (Å²) in [4.78, 5) is 35.5. The molecule has 0 saturated heterocycles. The first-order valence-electron chi connectivity index (χ1n) is 6.02. The van der Waals surface area contributed by atoms with E-state index in [2.05, 4.69) is 4.74 Å². The summed E-state index contributed by atoms with van der Waals surface area (Å²) in [7, 11) is 0. The molecule has 0 aliphatic heterocycles. The second kappa shape index (κ2) is 4.45. The van der Waals surface area contributed by atoms with Crippen molar-refractivity contribution in [2.24, 2.45) is 0 Å². The highest BCUT2D eigenvalue weighted by molar-refractivity contribution is 6.30. The van der Waals surface area contributed by atoms with E-state index in [-0.39, 0.29) is 33.9 Å². The van der Waals surface area contributed by atoms with Crippen molar-refractivity contribution in [1.82, 2.24) is 0 Å². The van der Waals surface area contributed by atoms with Gasteiger partial charge in [-0.05, 0) is 12.1 Å². The Morgan fingerprint density at radius 2 is 1.57 bits per heavy atom. The van der Waals surface area contributed by atoms with Crippen molar-refractivity contribution in [3.63, 3.8) is 0 Å². The Labute approximate surface area is 118 Å². The van der Waals surface area contributed by atoms with Crippen molar-refractivity contribution >= 4 is 23.4 Å². The van der Waals surface area contributed by atoms with Gasteiger partial charge in [-0.3, -0.25) is 9.59 Å². The Hall–Kier alpha value is -3.15. The number of fused-ring (bicyclic) bond motifs is 2. The van der Waals surface area contributed by atoms with Crippen molar-refractivity contribution in [3.8, 4) is 5.75 Å². The molecule has 0 unspecified atom stereocenters. The van der Waals surface area contributed by atoms with Gasteiger partial charge in [0.25, 0.3) is 0 Å². The fraction of sp³-hybridized carbons (Fsp3) is 0. The van der Waals surface area contributed by atoms with E-state index in [1.165, 1.54) is 18.2 Å². The normalized spacial score (nSPS) is 12.6. The van der Waals surface area contributed by atoms with Gasteiger partial charge in [0.2, 0.25) is 0 Å². The number of benzene rings is 2. The van der Waals surface area contributed by atoms with Crippen LogP contribution in [-0.4, -0.2) is 22.8 Å². The molecule has 104 valence electrons. The molecule has 21 heavy (non-hydrogen) atoms. The van der Waals surface area contributed by atoms with Gasteiger partial charge in [0.15, 0.2) is 17.3 Å². The zero-order chi connectivity index (χ0) is 15.1. The molecule has 1 aliphatic carbocycles. The van der Waals surface area contributed by atoms with Crippen molar-refractivity contribution in [2.75, 3.05) is 5.73 Å².